The van der Waals surface area contributed by atoms with Crippen LogP contribution in [0.3, 0.4) is 0 Å². The molecule has 0 radical (unpaired) electrons. The maximum Gasteiger partial charge on any atom is 0.317 e. The summed E-state index contributed by atoms with van der Waals surface area (Å²) in [5, 5.41) is 3.11. The number of hydrogen-bond donors (Lipinski definition) is 1. The lowest BCUT2D eigenvalue weighted by atomic mass is 9.75. The first kappa shape index (κ1) is 16.2. The van der Waals surface area contributed by atoms with Crippen LogP contribution in [0.5, 0.6) is 11.5 Å². The van der Waals surface area contributed by atoms with Crippen LogP contribution in [-0.4, -0.2) is 60.4 Å². The van der Waals surface area contributed by atoms with Gasteiger partial charge in [0.25, 0.3) is 0 Å². The number of carbonyl (C=O) groups excluding carboxylic acids is 1. The number of piperidine rings is 3. The fourth-order valence-corrected chi connectivity index (χ4v) is 5.42. The monoisotopic (exact) mass is 357 g/mol. The third-order valence-electron chi connectivity index (χ3n) is 6.49. The maximum atomic E-state index is 12.9. The number of carbonyl (C=O) groups is 1. The van der Waals surface area contributed by atoms with Gasteiger partial charge in [-0.3, -0.25) is 4.90 Å². The van der Waals surface area contributed by atoms with Gasteiger partial charge in [0, 0.05) is 24.5 Å². The molecule has 6 rings (SSSR count). The molecule has 2 bridgehead atoms. The second kappa shape index (κ2) is 6.05. The molecule has 140 valence electrons. The number of amides is 2. The number of rotatable bonds is 2. The lowest BCUT2D eigenvalue weighted by Gasteiger charge is -2.51. The van der Waals surface area contributed by atoms with Gasteiger partial charge in [-0.15, -0.1) is 0 Å². The molecule has 0 aliphatic carbocycles. The summed E-state index contributed by atoms with van der Waals surface area (Å²) in [7, 11) is 0. The first-order chi connectivity index (χ1) is 12.6. The van der Waals surface area contributed by atoms with E-state index in [4.69, 9.17) is 9.47 Å². The molecular weight excluding hydrogens is 330 g/mol. The van der Waals surface area contributed by atoms with Crippen molar-refractivity contribution in [3.05, 3.63) is 23.8 Å². The summed E-state index contributed by atoms with van der Waals surface area (Å²) in [5.74, 6) is 2.61. The van der Waals surface area contributed by atoms with E-state index in [0.29, 0.717) is 30.7 Å². The highest BCUT2D eigenvalue weighted by Gasteiger charge is 2.54. The molecular formula is C20H27N3O3. The van der Waals surface area contributed by atoms with Crippen molar-refractivity contribution in [2.24, 2.45) is 5.92 Å². The Bertz CT molecular complexity index is 714. The molecule has 1 aromatic carbocycles. The van der Waals surface area contributed by atoms with Crippen LogP contribution in [0.15, 0.2) is 18.2 Å². The van der Waals surface area contributed by atoms with Crippen LogP contribution in [0.25, 0.3) is 0 Å². The topological polar surface area (TPSA) is 54.0 Å². The van der Waals surface area contributed by atoms with Crippen molar-refractivity contribution >= 4 is 6.03 Å². The van der Waals surface area contributed by atoms with Gasteiger partial charge in [-0.2, -0.15) is 0 Å². The van der Waals surface area contributed by atoms with E-state index >= 15 is 0 Å². The molecule has 4 fully saturated rings. The molecule has 5 aliphatic heterocycles. The van der Waals surface area contributed by atoms with Crippen molar-refractivity contribution < 1.29 is 14.3 Å². The van der Waals surface area contributed by atoms with Crippen LogP contribution < -0.4 is 14.8 Å². The van der Waals surface area contributed by atoms with E-state index in [1.54, 1.807) is 0 Å². The average Bonchev–Trinajstić information content (AvgIpc) is 3.27. The normalized spacial score (nSPS) is 34.3. The predicted octanol–water partition coefficient (Wildman–Crippen LogP) is 2.40. The number of likely N-dealkylation sites (tertiary alicyclic amines) is 1. The van der Waals surface area contributed by atoms with Gasteiger partial charge in [0.15, 0.2) is 11.5 Å². The van der Waals surface area contributed by atoms with E-state index in [1.165, 1.54) is 18.4 Å². The summed E-state index contributed by atoms with van der Waals surface area (Å²) < 4.78 is 11.1. The standard InChI is InChI=1S/C20H27N3O3/c1-12(2)21-20(24)23-10-15(14-3-4-16-17(9-14)26-11-25-16)19-18(23)13-5-7-22(19)8-6-13/h3-4,9,12-13,15,18-19H,5-8,10-11H2,1-2H3,(H,21,24)/t15-,18+,19+/m1/s1. The number of nitrogens with one attached hydrogen (secondary N) is 1. The lowest BCUT2D eigenvalue weighted by Crippen LogP contribution is -2.61. The van der Waals surface area contributed by atoms with Crippen LogP contribution in [-0.2, 0) is 0 Å². The van der Waals surface area contributed by atoms with Gasteiger partial charge in [0.2, 0.25) is 6.79 Å². The number of ether oxygens (including phenoxy) is 2. The molecule has 5 aliphatic rings. The predicted molar refractivity (Wildman–Crippen MR) is 97.6 cm³/mol. The van der Waals surface area contributed by atoms with Crippen LogP contribution in [0.1, 0.15) is 38.2 Å². The minimum absolute atomic E-state index is 0.0898. The third kappa shape index (κ3) is 2.46. The van der Waals surface area contributed by atoms with E-state index in [1.807, 2.05) is 19.9 Å². The van der Waals surface area contributed by atoms with Crippen LogP contribution in [0.4, 0.5) is 4.79 Å². The van der Waals surface area contributed by atoms with E-state index < -0.39 is 0 Å². The highest BCUT2D eigenvalue weighted by Crippen LogP contribution is 2.47. The quantitative estimate of drug-likeness (QED) is 0.883. The van der Waals surface area contributed by atoms with Gasteiger partial charge in [-0.25, -0.2) is 4.79 Å². The van der Waals surface area contributed by atoms with Gasteiger partial charge >= 0.3 is 6.03 Å². The Balaban J connectivity index is 1.49. The number of fused-ring (bicyclic) bond motifs is 3. The maximum absolute atomic E-state index is 12.9. The summed E-state index contributed by atoms with van der Waals surface area (Å²) in [5.41, 5.74) is 1.26. The van der Waals surface area contributed by atoms with E-state index in [9.17, 15) is 4.79 Å². The number of benzene rings is 1. The van der Waals surface area contributed by atoms with Gasteiger partial charge in [0.05, 0.1) is 6.04 Å². The number of hydrogen-bond acceptors (Lipinski definition) is 4. The fraction of sp³-hybridized carbons (Fsp3) is 0.650. The summed E-state index contributed by atoms with van der Waals surface area (Å²) >= 11 is 0. The summed E-state index contributed by atoms with van der Waals surface area (Å²) in [6, 6.07) is 7.28. The largest absolute Gasteiger partial charge is 0.454 e. The minimum Gasteiger partial charge on any atom is -0.454 e. The smallest absolute Gasteiger partial charge is 0.317 e. The molecule has 5 heterocycles. The highest BCUT2D eigenvalue weighted by atomic mass is 16.7. The minimum atomic E-state index is 0.0898. The Labute approximate surface area is 154 Å². The SMILES string of the molecule is CC(C)NC(=O)N1C[C@H](c2ccc3c(c2)OCO3)[C@H]2[C@@H]1C1CCN2CC1. The third-order valence-corrected chi connectivity index (χ3v) is 6.49. The molecule has 4 saturated heterocycles. The molecule has 1 N–H and O–H groups in total. The second-order valence-corrected chi connectivity index (χ2v) is 8.33. The molecule has 0 saturated carbocycles. The van der Waals surface area contributed by atoms with E-state index in [-0.39, 0.29) is 12.1 Å². The first-order valence-corrected chi connectivity index (χ1v) is 9.82. The number of urea groups is 1. The van der Waals surface area contributed by atoms with Crippen LogP contribution >= 0.6 is 0 Å². The molecule has 0 unspecified atom stereocenters. The van der Waals surface area contributed by atoms with E-state index in [0.717, 1.165) is 31.1 Å². The molecule has 0 spiro atoms. The van der Waals surface area contributed by atoms with Crippen LogP contribution in [0.2, 0.25) is 0 Å². The van der Waals surface area contributed by atoms with Crippen molar-refractivity contribution in [2.45, 2.75) is 50.7 Å². The molecule has 6 nitrogen and oxygen atoms in total. The Morgan fingerprint density at radius 3 is 2.69 bits per heavy atom. The highest BCUT2D eigenvalue weighted by molar-refractivity contribution is 5.76. The van der Waals surface area contributed by atoms with Gasteiger partial charge < -0.3 is 19.7 Å². The Morgan fingerprint density at radius 1 is 1.15 bits per heavy atom. The molecule has 1 aromatic rings. The van der Waals surface area contributed by atoms with Crippen molar-refractivity contribution in [1.82, 2.24) is 15.1 Å². The van der Waals surface area contributed by atoms with Crippen molar-refractivity contribution in [3.8, 4) is 11.5 Å². The Kier molecular flexibility index (Phi) is 3.78. The molecule has 6 heteroatoms. The van der Waals surface area contributed by atoms with Gasteiger partial charge in [-0.1, -0.05) is 6.07 Å². The summed E-state index contributed by atoms with van der Waals surface area (Å²) in [6.45, 7) is 7.45. The summed E-state index contributed by atoms with van der Waals surface area (Å²) in [4.78, 5) is 17.6. The van der Waals surface area contributed by atoms with Crippen molar-refractivity contribution in [2.75, 3.05) is 26.4 Å². The molecule has 0 aromatic heterocycles. The Morgan fingerprint density at radius 2 is 1.92 bits per heavy atom. The Hall–Kier alpha value is -1.95. The number of nitrogens with zero attached hydrogens (tertiary/aromatic N) is 2. The van der Waals surface area contributed by atoms with Crippen LogP contribution in [0, 0.1) is 5.92 Å². The first-order valence-electron chi connectivity index (χ1n) is 9.82. The van der Waals surface area contributed by atoms with Crippen molar-refractivity contribution in [3.63, 3.8) is 0 Å². The molecule has 26 heavy (non-hydrogen) atoms. The average molecular weight is 357 g/mol. The van der Waals surface area contributed by atoms with E-state index in [2.05, 4.69) is 27.2 Å². The second-order valence-electron chi connectivity index (χ2n) is 8.33. The lowest BCUT2D eigenvalue weighted by molar-refractivity contribution is 0.00336. The van der Waals surface area contributed by atoms with Crippen molar-refractivity contribution in [1.29, 1.82) is 0 Å². The summed E-state index contributed by atoms with van der Waals surface area (Å²) in [6.07, 6.45) is 2.42. The molecule has 3 atom stereocenters. The zero-order valence-corrected chi connectivity index (χ0v) is 15.5. The zero-order valence-electron chi connectivity index (χ0n) is 15.5. The fourth-order valence-electron chi connectivity index (χ4n) is 5.42. The molecule has 2 amide bonds. The van der Waals surface area contributed by atoms with Gasteiger partial charge in [0.1, 0.15) is 0 Å². The van der Waals surface area contributed by atoms with Gasteiger partial charge in [-0.05, 0) is 63.4 Å². The zero-order chi connectivity index (χ0) is 17.8.